The highest BCUT2D eigenvalue weighted by atomic mass is 16.3. The number of amides is 4. The quantitative estimate of drug-likeness (QED) is 0.584. The normalized spacial score (nSPS) is 18.5. The molecule has 4 amide bonds. The van der Waals surface area contributed by atoms with Crippen molar-refractivity contribution < 1.29 is 19.5 Å². The lowest BCUT2D eigenvalue weighted by atomic mass is 9.95. The van der Waals surface area contributed by atoms with Crippen LogP contribution in [0.3, 0.4) is 0 Å². The van der Waals surface area contributed by atoms with E-state index in [-0.39, 0.29) is 19.7 Å². The molecule has 0 saturated carbocycles. The highest BCUT2D eigenvalue weighted by Gasteiger charge is 2.44. The third-order valence-corrected chi connectivity index (χ3v) is 2.94. The van der Waals surface area contributed by atoms with Gasteiger partial charge in [-0.1, -0.05) is 13.8 Å². The van der Waals surface area contributed by atoms with Crippen molar-refractivity contribution in [1.82, 2.24) is 15.5 Å². The maximum absolute atomic E-state index is 11.9. The first-order valence-electron chi connectivity index (χ1n) is 6.11. The Bertz CT molecular complexity index is 404. The van der Waals surface area contributed by atoms with Gasteiger partial charge in [0.25, 0.3) is 5.91 Å². The summed E-state index contributed by atoms with van der Waals surface area (Å²) in [5.74, 6) is -0.850. The largest absolute Gasteiger partial charge is 0.396 e. The Morgan fingerprint density at radius 1 is 1.42 bits per heavy atom. The molecule has 0 aromatic heterocycles. The van der Waals surface area contributed by atoms with Crippen LogP contribution in [0.1, 0.15) is 27.7 Å². The van der Waals surface area contributed by atoms with Gasteiger partial charge in [-0.15, -0.1) is 0 Å². The number of nitrogens with zero attached hydrogens (tertiary/aromatic N) is 1. The van der Waals surface area contributed by atoms with Crippen LogP contribution >= 0.6 is 0 Å². The van der Waals surface area contributed by atoms with E-state index in [0.717, 1.165) is 4.90 Å². The van der Waals surface area contributed by atoms with Crippen molar-refractivity contribution in [2.45, 2.75) is 33.2 Å². The summed E-state index contributed by atoms with van der Waals surface area (Å²) in [6.07, 6.45) is 0. The van der Waals surface area contributed by atoms with Crippen LogP contribution in [0.4, 0.5) is 4.79 Å². The van der Waals surface area contributed by atoms with Gasteiger partial charge in [-0.25, -0.2) is 4.79 Å². The Balaban J connectivity index is 2.54. The van der Waals surface area contributed by atoms with Gasteiger partial charge in [-0.05, 0) is 13.8 Å². The zero-order chi connectivity index (χ0) is 14.8. The van der Waals surface area contributed by atoms with E-state index in [9.17, 15) is 14.4 Å². The van der Waals surface area contributed by atoms with E-state index in [1.54, 1.807) is 27.7 Å². The summed E-state index contributed by atoms with van der Waals surface area (Å²) in [6.45, 7) is 6.66. The number of hydrogen-bond donors (Lipinski definition) is 3. The van der Waals surface area contributed by atoms with Crippen LogP contribution in [0.5, 0.6) is 0 Å². The van der Waals surface area contributed by atoms with Gasteiger partial charge in [0.1, 0.15) is 12.1 Å². The summed E-state index contributed by atoms with van der Waals surface area (Å²) in [5, 5.41) is 14.2. The molecule has 0 bridgehead atoms. The first kappa shape index (κ1) is 15.4. The third kappa shape index (κ3) is 3.66. The van der Waals surface area contributed by atoms with E-state index < -0.39 is 28.8 Å². The molecule has 1 heterocycles. The van der Waals surface area contributed by atoms with Crippen molar-refractivity contribution >= 4 is 17.8 Å². The fourth-order valence-corrected chi connectivity index (χ4v) is 1.55. The summed E-state index contributed by atoms with van der Waals surface area (Å²) in [7, 11) is 0. The van der Waals surface area contributed by atoms with Gasteiger partial charge in [0.15, 0.2) is 0 Å². The Kier molecular flexibility index (Phi) is 4.19. The van der Waals surface area contributed by atoms with Crippen LogP contribution < -0.4 is 10.6 Å². The van der Waals surface area contributed by atoms with Crippen LogP contribution in [0.25, 0.3) is 0 Å². The molecule has 1 aliphatic heterocycles. The van der Waals surface area contributed by atoms with E-state index >= 15 is 0 Å². The van der Waals surface area contributed by atoms with E-state index in [2.05, 4.69) is 10.6 Å². The van der Waals surface area contributed by atoms with Gasteiger partial charge in [-0.3, -0.25) is 14.5 Å². The van der Waals surface area contributed by atoms with Crippen molar-refractivity contribution in [3.8, 4) is 0 Å². The minimum Gasteiger partial charge on any atom is -0.396 e. The molecule has 1 rings (SSSR count). The van der Waals surface area contributed by atoms with E-state index in [1.807, 2.05) is 0 Å². The minimum absolute atomic E-state index is 0.0660. The molecule has 7 heteroatoms. The number of urea groups is 1. The van der Waals surface area contributed by atoms with Gasteiger partial charge < -0.3 is 15.7 Å². The predicted octanol–water partition coefficient (Wildman–Crippen LogP) is -0.548. The first-order chi connectivity index (χ1) is 8.59. The number of aliphatic hydroxyl groups is 1. The number of imide groups is 1. The second kappa shape index (κ2) is 5.16. The Morgan fingerprint density at radius 3 is 2.42 bits per heavy atom. The highest BCUT2D eigenvalue weighted by Crippen LogP contribution is 2.16. The van der Waals surface area contributed by atoms with E-state index in [4.69, 9.17) is 5.11 Å². The van der Waals surface area contributed by atoms with Gasteiger partial charge in [0, 0.05) is 18.6 Å². The molecule has 0 aliphatic carbocycles. The molecule has 1 fully saturated rings. The Morgan fingerprint density at radius 2 is 2.00 bits per heavy atom. The zero-order valence-corrected chi connectivity index (χ0v) is 11.7. The number of nitrogens with one attached hydrogen (secondary N) is 2. The number of hydrogen-bond acceptors (Lipinski definition) is 4. The topological polar surface area (TPSA) is 98.7 Å². The lowest BCUT2D eigenvalue weighted by molar-refractivity contribution is -0.134. The van der Waals surface area contributed by atoms with Crippen LogP contribution in [-0.2, 0) is 9.59 Å². The first-order valence-corrected chi connectivity index (χ1v) is 6.11. The molecule has 1 saturated heterocycles. The molecule has 0 atom stereocenters. The molecule has 19 heavy (non-hydrogen) atoms. The van der Waals surface area contributed by atoms with Crippen LogP contribution in [0.15, 0.2) is 0 Å². The van der Waals surface area contributed by atoms with Crippen LogP contribution in [-0.4, -0.2) is 53.1 Å². The number of aliphatic hydroxyl groups excluding tert-OH is 1. The molecule has 0 spiro atoms. The van der Waals surface area contributed by atoms with Crippen molar-refractivity contribution in [2.24, 2.45) is 5.41 Å². The summed E-state index contributed by atoms with van der Waals surface area (Å²) in [6, 6.07) is -0.563. The SMILES string of the molecule is CC(C)(CO)CNC(=O)CN1C(=O)NC(C)(C)C1=O. The fourth-order valence-electron chi connectivity index (χ4n) is 1.55. The second-order valence-electron chi connectivity index (χ2n) is 6.05. The standard InChI is InChI=1S/C12H21N3O4/c1-11(2,7-16)6-13-8(17)5-15-9(18)12(3,4)14-10(15)19/h16H,5-7H2,1-4H3,(H,13,17)(H,14,19). The monoisotopic (exact) mass is 271 g/mol. The molecule has 1 aliphatic rings. The van der Waals surface area contributed by atoms with E-state index in [0.29, 0.717) is 0 Å². The molecular weight excluding hydrogens is 250 g/mol. The smallest absolute Gasteiger partial charge is 0.325 e. The third-order valence-electron chi connectivity index (χ3n) is 2.94. The van der Waals surface area contributed by atoms with Gasteiger partial charge in [-0.2, -0.15) is 0 Å². The molecule has 3 N–H and O–H groups in total. The van der Waals surface area contributed by atoms with Crippen LogP contribution in [0, 0.1) is 5.41 Å². The van der Waals surface area contributed by atoms with Crippen molar-refractivity contribution in [2.75, 3.05) is 19.7 Å². The molecule has 0 aromatic carbocycles. The molecule has 108 valence electrons. The van der Waals surface area contributed by atoms with Gasteiger partial charge in [0.05, 0.1) is 0 Å². The summed E-state index contributed by atoms with van der Waals surface area (Å²) < 4.78 is 0. The molecular formula is C12H21N3O4. The van der Waals surface area contributed by atoms with Gasteiger partial charge in [0.2, 0.25) is 5.91 Å². The maximum Gasteiger partial charge on any atom is 0.325 e. The Hall–Kier alpha value is -1.63. The predicted molar refractivity (Wildman–Crippen MR) is 68.2 cm³/mol. The lowest BCUT2D eigenvalue weighted by Gasteiger charge is -2.22. The van der Waals surface area contributed by atoms with E-state index in [1.165, 1.54) is 0 Å². The van der Waals surface area contributed by atoms with Crippen LogP contribution in [0.2, 0.25) is 0 Å². The molecule has 7 nitrogen and oxygen atoms in total. The second-order valence-corrected chi connectivity index (χ2v) is 6.05. The van der Waals surface area contributed by atoms with Crippen molar-refractivity contribution in [3.05, 3.63) is 0 Å². The molecule has 0 radical (unpaired) electrons. The lowest BCUT2D eigenvalue weighted by Crippen LogP contribution is -2.45. The fraction of sp³-hybridized carbons (Fsp3) is 0.750. The highest BCUT2D eigenvalue weighted by molar-refractivity contribution is 6.08. The number of carbonyl (C=O) groups is 3. The number of rotatable bonds is 5. The maximum atomic E-state index is 11.9. The van der Waals surface area contributed by atoms with Crippen molar-refractivity contribution in [1.29, 1.82) is 0 Å². The zero-order valence-electron chi connectivity index (χ0n) is 11.7. The molecule has 0 unspecified atom stereocenters. The average Bonchev–Trinajstić information content (AvgIpc) is 2.49. The summed E-state index contributed by atoms with van der Waals surface area (Å²) in [5.41, 5.74) is -1.41. The van der Waals surface area contributed by atoms with Gasteiger partial charge >= 0.3 is 6.03 Å². The van der Waals surface area contributed by atoms with Crippen molar-refractivity contribution in [3.63, 3.8) is 0 Å². The summed E-state index contributed by atoms with van der Waals surface area (Å²) >= 11 is 0. The summed E-state index contributed by atoms with van der Waals surface area (Å²) in [4.78, 5) is 36.0. The Labute approximate surface area is 112 Å². The number of carbonyl (C=O) groups excluding carboxylic acids is 3. The molecule has 0 aromatic rings. The average molecular weight is 271 g/mol. The minimum atomic E-state index is -0.971.